The zero-order valence-corrected chi connectivity index (χ0v) is 25.3. The lowest BCUT2D eigenvalue weighted by Gasteiger charge is -2.45. The molecule has 3 heterocycles. The number of nitriles is 1. The molecule has 0 radical (unpaired) electrons. The monoisotopic (exact) mass is 637 g/mol. The number of pyridine rings is 2. The Labute approximate surface area is 262 Å². The normalized spacial score (nSPS) is 20.8. The van der Waals surface area contributed by atoms with Crippen LogP contribution in [0.4, 0.5) is 0 Å². The first-order valence-electron chi connectivity index (χ1n) is 13.6. The minimum atomic E-state index is -1.61. The first kappa shape index (κ1) is 32.8. The summed E-state index contributed by atoms with van der Waals surface area (Å²) in [5, 5.41) is 10.6. The molecule has 0 amide bonds. The first-order valence-corrected chi connectivity index (χ1v) is 14.0. The van der Waals surface area contributed by atoms with E-state index in [1.807, 2.05) is 6.07 Å². The summed E-state index contributed by atoms with van der Waals surface area (Å²) in [5.41, 5.74) is -0.0235. The van der Waals surface area contributed by atoms with Gasteiger partial charge in [-0.05, 0) is 35.9 Å². The van der Waals surface area contributed by atoms with Gasteiger partial charge in [-0.2, -0.15) is 5.26 Å². The van der Waals surface area contributed by atoms with Gasteiger partial charge in [0.2, 0.25) is 0 Å². The van der Waals surface area contributed by atoms with Gasteiger partial charge in [-0.3, -0.25) is 33.5 Å². The van der Waals surface area contributed by atoms with Crippen LogP contribution in [0.1, 0.15) is 39.5 Å². The molecule has 2 aromatic heterocycles. The third kappa shape index (κ3) is 7.54. The Morgan fingerprint density at radius 2 is 1.53 bits per heavy atom. The largest absolute Gasteiger partial charge is 0.463 e. The van der Waals surface area contributed by atoms with Crippen molar-refractivity contribution in [3.63, 3.8) is 0 Å². The SMILES string of the molecule is CC(=O)OC[C@H]1O[C@@H](n2c(-c3ccccn3)cc(-c3ccc(Cl)cc3)c(C#N)c2=O)[C@H](OC(C)=O)[C@@H](OC(C)=O)[C@@H]1OC(C)=O. The molecule has 0 spiro atoms. The quantitative estimate of drug-likeness (QED) is 0.261. The number of aromatic nitrogens is 2. The van der Waals surface area contributed by atoms with Gasteiger partial charge in [-0.1, -0.05) is 29.8 Å². The molecule has 3 aromatic rings. The van der Waals surface area contributed by atoms with E-state index in [0.29, 0.717) is 10.6 Å². The van der Waals surface area contributed by atoms with Crippen LogP contribution in [0.3, 0.4) is 0 Å². The standard InChI is InChI=1S/C31H28ClN3O10/c1-16(36)41-15-26-27(42-17(2)37)28(43-18(3)38)29(44-19(4)39)31(45-26)35-25(24-7-5-6-12-34-24)13-22(23(14-33)30(35)40)20-8-10-21(32)11-9-20/h5-13,26-29,31H,15H2,1-4H3/t26-,27-,28+,29-,31-/m1/s1. The van der Waals surface area contributed by atoms with Gasteiger partial charge in [0.25, 0.3) is 5.56 Å². The van der Waals surface area contributed by atoms with E-state index in [-0.39, 0.29) is 22.5 Å². The lowest BCUT2D eigenvalue weighted by molar-refractivity contribution is -0.268. The molecule has 1 fully saturated rings. The molecule has 14 heteroatoms. The van der Waals surface area contributed by atoms with E-state index in [0.717, 1.165) is 32.3 Å². The lowest BCUT2D eigenvalue weighted by atomic mass is 9.95. The molecule has 1 aromatic carbocycles. The molecule has 0 aliphatic carbocycles. The van der Waals surface area contributed by atoms with Crippen LogP contribution in [0.25, 0.3) is 22.5 Å². The smallest absolute Gasteiger partial charge is 0.303 e. The summed E-state index contributed by atoms with van der Waals surface area (Å²) in [4.78, 5) is 67.3. The second-order valence-electron chi connectivity index (χ2n) is 9.92. The molecule has 1 aliphatic heterocycles. The number of ether oxygens (including phenoxy) is 5. The fourth-order valence-corrected chi connectivity index (χ4v) is 5.09. The molecular formula is C31H28ClN3O10. The molecule has 1 aliphatic rings. The Kier molecular flexibility index (Phi) is 10.3. The van der Waals surface area contributed by atoms with Crippen LogP contribution in [0, 0.1) is 11.3 Å². The first-order chi connectivity index (χ1) is 21.4. The summed E-state index contributed by atoms with van der Waals surface area (Å²) in [5.74, 6) is -3.20. The van der Waals surface area contributed by atoms with Gasteiger partial charge in [0, 0.05) is 44.5 Å². The molecule has 0 bridgehead atoms. The van der Waals surface area contributed by atoms with Crippen LogP contribution in [0.5, 0.6) is 0 Å². The summed E-state index contributed by atoms with van der Waals surface area (Å²) in [7, 11) is 0. The second kappa shape index (κ2) is 14.1. The number of esters is 4. The van der Waals surface area contributed by atoms with E-state index in [1.165, 1.54) is 6.20 Å². The number of halogens is 1. The summed E-state index contributed by atoms with van der Waals surface area (Å²) in [6.45, 7) is 3.90. The van der Waals surface area contributed by atoms with Gasteiger partial charge in [0.15, 0.2) is 24.5 Å². The molecule has 4 rings (SSSR count). The van der Waals surface area contributed by atoms with E-state index in [9.17, 15) is 29.2 Å². The molecule has 0 saturated carbocycles. The predicted molar refractivity (Wildman–Crippen MR) is 156 cm³/mol. The maximum absolute atomic E-state index is 14.3. The minimum absolute atomic E-state index is 0.130. The van der Waals surface area contributed by atoms with E-state index in [1.54, 1.807) is 48.5 Å². The van der Waals surface area contributed by atoms with Gasteiger partial charge < -0.3 is 23.7 Å². The van der Waals surface area contributed by atoms with Gasteiger partial charge in [0.1, 0.15) is 24.3 Å². The Morgan fingerprint density at radius 1 is 0.911 bits per heavy atom. The minimum Gasteiger partial charge on any atom is -0.463 e. The predicted octanol–water partition coefficient (Wildman–Crippen LogP) is 3.36. The highest BCUT2D eigenvalue weighted by Gasteiger charge is 2.53. The van der Waals surface area contributed by atoms with Crippen LogP contribution in [-0.4, -0.2) is 64.5 Å². The third-order valence-corrected chi connectivity index (χ3v) is 6.91. The van der Waals surface area contributed by atoms with Crippen molar-refractivity contribution in [3.05, 3.63) is 75.7 Å². The van der Waals surface area contributed by atoms with Gasteiger partial charge in [-0.25, -0.2) is 0 Å². The van der Waals surface area contributed by atoms with E-state index >= 15 is 0 Å². The Bertz CT molecular complexity index is 1700. The van der Waals surface area contributed by atoms with E-state index < -0.39 is 66.7 Å². The van der Waals surface area contributed by atoms with Gasteiger partial charge in [-0.15, -0.1) is 0 Å². The van der Waals surface area contributed by atoms with Crippen LogP contribution >= 0.6 is 11.6 Å². The maximum Gasteiger partial charge on any atom is 0.303 e. The lowest BCUT2D eigenvalue weighted by Crippen LogP contribution is -2.61. The number of benzene rings is 1. The fourth-order valence-electron chi connectivity index (χ4n) is 4.97. The summed E-state index contributed by atoms with van der Waals surface area (Å²) >= 11 is 6.07. The summed E-state index contributed by atoms with van der Waals surface area (Å²) < 4.78 is 29.0. The molecule has 5 atom stereocenters. The van der Waals surface area contributed by atoms with Crippen LogP contribution in [0.2, 0.25) is 5.02 Å². The topological polar surface area (TPSA) is 173 Å². The summed E-state index contributed by atoms with van der Waals surface area (Å²) in [6.07, 6.45) is -6.04. The third-order valence-electron chi connectivity index (χ3n) is 6.66. The van der Waals surface area contributed by atoms with Crippen LogP contribution in [0.15, 0.2) is 59.5 Å². The van der Waals surface area contributed by atoms with Crippen molar-refractivity contribution >= 4 is 35.5 Å². The highest BCUT2D eigenvalue weighted by molar-refractivity contribution is 6.30. The second-order valence-corrected chi connectivity index (χ2v) is 10.4. The molecule has 0 N–H and O–H groups in total. The number of nitrogens with zero attached hydrogens (tertiary/aromatic N) is 3. The van der Waals surface area contributed by atoms with E-state index in [2.05, 4.69) is 4.98 Å². The molecule has 0 unspecified atom stereocenters. The fraction of sp³-hybridized carbons (Fsp3) is 0.323. The van der Waals surface area contributed by atoms with Gasteiger partial charge >= 0.3 is 23.9 Å². The molecule has 13 nitrogen and oxygen atoms in total. The Morgan fingerprint density at radius 3 is 2.09 bits per heavy atom. The average Bonchev–Trinajstić information content (AvgIpc) is 2.98. The zero-order chi connectivity index (χ0) is 32.8. The number of rotatable bonds is 8. The summed E-state index contributed by atoms with van der Waals surface area (Å²) in [6, 6.07) is 14.9. The highest BCUT2D eigenvalue weighted by Crippen LogP contribution is 2.37. The number of carbonyl (C=O) groups is 4. The van der Waals surface area contributed by atoms with Crippen molar-refractivity contribution < 1.29 is 42.9 Å². The van der Waals surface area contributed by atoms with Crippen molar-refractivity contribution in [1.29, 1.82) is 5.26 Å². The maximum atomic E-state index is 14.3. The van der Waals surface area contributed by atoms with Gasteiger partial charge in [0.05, 0.1) is 11.4 Å². The highest BCUT2D eigenvalue weighted by atomic mass is 35.5. The number of hydrogen-bond acceptors (Lipinski definition) is 12. The Hall–Kier alpha value is -5.06. The van der Waals surface area contributed by atoms with Crippen LogP contribution in [-0.2, 0) is 42.9 Å². The molecule has 1 saturated heterocycles. The zero-order valence-electron chi connectivity index (χ0n) is 24.6. The van der Waals surface area contributed by atoms with Crippen molar-refractivity contribution in [2.45, 2.75) is 58.3 Å². The number of carbonyl (C=O) groups excluding carboxylic acids is 4. The number of hydrogen-bond donors (Lipinski definition) is 0. The van der Waals surface area contributed by atoms with Crippen molar-refractivity contribution in [3.8, 4) is 28.6 Å². The van der Waals surface area contributed by atoms with Crippen LogP contribution < -0.4 is 5.56 Å². The van der Waals surface area contributed by atoms with E-state index in [4.69, 9.17) is 35.3 Å². The van der Waals surface area contributed by atoms with Crippen molar-refractivity contribution in [1.82, 2.24) is 9.55 Å². The van der Waals surface area contributed by atoms with Crippen molar-refractivity contribution in [2.75, 3.05) is 6.61 Å². The average molecular weight is 638 g/mol. The Balaban J connectivity index is 2.04. The molecule has 234 valence electrons. The molecule has 45 heavy (non-hydrogen) atoms. The van der Waals surface area contributed by atoms with Crippen molar-refractivity contribution in [2.24, 2.45) is 0 Å². The molecular weight excluding hydrogens is 610 g/mol.